The van der Waals surface area contributed by atoms with Crippen molar-refractivity contribution in [2.75, 3.05) is 13.2 Å². The summed E-state index contributed by atoms with van der Waals surface area (Å²) in [6, 6.07) is 3.48. The van der Waals surface area contributed by atoms with Crippen molar-refractivity contribution < 1.29 is 14.0 Å². The number of nitrogens with one attached hydrogen (secondary N) is 2. The maximum Gasteiger partial charge on any atom is 0.338 e. The Morgan fingerprint density at radius 3 is 3.00 bits per heavy atom. The molecule has 1 aromatic rings. The van der Waals surface area contributed by atoms with Crippen LogP contribution in [0.2, 0.25) is 0 Å². The van der Waals surface area contributed by atoms with E-state index in [0.717, 1.165) is 18.6 Å². The Labute approximate surface area is 101 Å². The molecule has 2 amide bonds. The molecule has 0 fully saturated rings. The van der Waals surface area contributed by atoms with Gasteiger partial charge in [0.05, 0.1) is 12.9 Å². The van der Waals surface area contributed by atoms with Crippen molar-refractivity contribution in [2.45, 2.75) is 26.7 Å². The van der Waals surface area contributed by atoms with Crippen LogP contribution in [0.3, 0.4) is 0 Å². The lowest BCUT2D eigenvalue weighted by Crippen LogP contribution is -2.37. The third kappa shape index (κ3) is 6.63. The van der Waals surface area contributed by atoms with Crippen LogP contribution in [0.4, 0.5) is 4.79 Å². The molecule has 17 heavy (non-hydrogen) atoms. The predicted molar refractivity (Wildman–Crippen MR) is 64.4 cm³/mol. The van der Waals surface area contributed by atoms with E-state index in [-0.39, 0.29) is 6.03 Å². The molecule has 0 bridgehead atoms. The highest BCUT2D eigenvalue weighted by atomic mass is 16.7. The molecule has 1 rings (SSSR count). The average Bonchev–Trinajstić information content (AvgIpc) is 2.79. The fraction of sp³-hybridized carbons (Fsp3) is 0.583. The SMILES string of the molecule is CC(C)CNC(=O)NOCCCc1ccco1. The third-order valence-electron chi connectivity index (χ3n) is 2.09. The van der Waals surface area contributed by atoms with Crippen molar-refractivity contribution in [3.63, 3.8) is 0 Å². The Kier molecular flexibility index (Phi) is 6.17. The molecule has 1 aromatic heterocycles. The number of urea groups is 1. The number of carbonyl (C=O) groups is 1. The third-order valence-corrected chi connectivity index (χ3v) is 2.09. The Bertz CT molecular complexity index is 310. The topological polar surface area (TPSA) is 63.5 Å². The summed E-state index contributed by atoms with van der Waals surface area (Å²) >= 11 is 0. The van der Waals surface area contributed by atoms with E-state index in [2.05, 4.69) is 10.8 Å². The summed E-state index contributed by atoms with van der Waals surface area (Å²) in [7, 11) is 0. The van der Waals surface area contributed by atoms with Crippen LogP contribution in [0.25, 0.3) is 0 Å². The molecule has 0 aliphatic carbocycles. The zero-order valence-electron chi connectivity index (χ0n) is 10.4. The number of hydroxylamine groups is 1. The molecule has 96 valence electrons. The van der Waals surface area contributed by atoms with Gasteiger partial charge in [0, 0.05) is 13.0 Å². The largest absolute Gasteiger partial charge is 0.469 e. The fourth-order valence-electron chi connectivity index (χ4n) is 1.22. The van der Waals surface area contributed by atoms with Gasteiger partial charge in [0.2, 0.25) is 0 Å². The molecule has 0 aliphatic rings. The first kappa shape index (κ1) is 13.6. The van der Waals surface area contributed by atoms with Gasteiger partial charge < -0.3 is 9.73 Å². The molecule has 5 nitrogen and oxygen atoms in total. The number of carbonyl (C=O) groups excluding carboxylic acids is 1. The highest BCUT2D eigenvalue weighted by molar-refractivity contribution is 5.72. The number of aryl methyl sites for hydroxylation is 1. The van der Waals surface area contributed by atoms with Crippen LogP contribution >= 0.6 is 0 Å². The minimum Gasteiger partial charge on any atom is -0.469 e. The number of furan rings is 1. The lowest BCUT2D eigenvalue weighted by molar-refractivity contribution is 0.0590. The van der Waals surface area contributed by atoms with Crippen molar-refractivity contribution in [2.24, 2.45) is 5.92 Å². The van der Waals surface area contributed by atoms with Gasteiger partial charge in [-0.2, -0.15) is 0 Å². The molecule has 2 N–H and O–H groups in total. The van der Waals surface area contributed by atoms with Crippen molar-refractivity contribution in [3.05, 3.63) is 24.2 Å². The van der Waals surface area contributed by atoms with Crippen LogP contribution in [0.1, 0.15) is 26.0 Å². The van der Waals surface area contributed by atoms with E-state index in [4.69, 9.17) is 9.25 Å². The number of amides is 2. The van der Waals surface area contributed by atoms with Gasteiger partial charge in [-0.25, -0.2) is 10.3 Å². The second-order valence-corrected chi connectivity index (χ2v) is 4.24. The maximum absolute atomic E-state index is 11.2. The molecule has 0 unspecified atom stereocenters. The number of hydrogen-bond acceptors (Lipinski definition) is 3. The zero-order chi connectivity index (χ0) is 12.5. The Hall–Kier alpha value is -1.49. The van der Waals surface area contributed by atoms with E-state index in [1.807, 2.05) is 26.0 Å². The predicted octanol–water partition coefficient (Wildman–Crippen LogP) is 2.10. The summed E-state index contributed by atoms with van der Waals surface area (Å²) in [6.07, 6.45) is 3.26. The molecule has 0 saturated heterocycles. The average molecular weight is 240 g/mol. The van der Waals surface area contributed by atoms with E-state index in [1.54, 1.807) is 6.26 Å². The Morgan fingerprint density at radius 1 is 1.53 bits per heavy atom. The van der Waals surface area contributed by atoms with Gasteiger partial charge in [0.1, 0.15) is 5.76 Å². The van der Waals surface area contributed by atoms with Crippen LogP contribution in [0.5, 0.6) is 0 Å². The Balaban J connectivity index is 1.95. The highest BCUT2D eigenvalue weighted by Gasteiger charge is 2.01. The lowest BCUT2D eigenvalue weighted by atomic mass is 10.2. The maximum atomic E-state index is 11.2. The molecule has 5 heteroatoms. The molecule has 0 radical (unpaired) electrons. The minimum atomic E-state index is -0.295. The standard InChI is InChI=1S/C12H20N2O3/c1-10(2)9-13-12(15)14-17-8-4-6-11-5-3-7-16-11/h3,5,7,10H,4,6,8-9H2,1-2H3,(H2,13,14,15). The van der Waals surface area contributed by atoms with Crippen molar-refractivity contribution in [3.8, 4) is 0 Å². The summed E-state index contributed by atoms with van der Waals surface area (Å²) in [5.74, 6) is 1.36. The molecular weight excluding hydrogens is 220 g/mol. The fourth-order valence-corrected chi connectivity index (χ4v) is 1.22. The van der Waals surface area contributed by atoms with E-state index < -0.39 is 0 Å². The van der Waals surface area contributed by atoms with Gasteiger partial charge in [-0.15, -0.1) is 0 Å². The second kappa shape index (κ2) is 7.73. The van der Waals surface area contributed by atoms with Crippen LogP contribution in [-0.4, -0.2) is 19.2 Å². The molecule has 1 heterocycles. The van der Waals surface area contributed by atoms with Crippen LogP contribution in [0, 0.1) is 5.92 Å². The summed E-state index contributed by atoms with van der Waals surface area (Å²) in [6.45, 7) is 5.17. The first-order valence-corrected chi connectivity index (χ1v) is 5.86. The number of rotatable bonds is 7. The molecule has 0 atom stereocenters. The van der Waals surface area contributed by atoms with Crippen LogP contribution in [-0.2, 0) is 11.3 Å². The quantitative estimate of drug-likeness (QED) is 0.566. The molecule has 0 aromatic carbocycles. The van der Waals surface area contributed by atoms with Gasteiger partial charge in [-0.3, -0.25) is 4.84 Å². The zero-order valence-corrected chi connectivity index (χ0v) is 10.4. The number of hydrogen-bond donors (Lipinski definition) is 2. The minimum absolute atomic E-state index is 0.295. The first-order valence-electron chi connectivity index (χ1n) is 5.86. The van der Waals surface area contributed by atoms with E-state index in [0.29, 0.717) is 19.1 Å². The monoisotopic (exact) mass is 240 g/mol. The second-order valence-electron chi connectivity index (χ2n) is 4.24. The van der Waals surface area contributed by atoms with Gasteiger partial charge in [0.15, 0.2) is 0 Å². The van der Waals surface area contributed by atoms with Gasteiger partial charge in [-0.1, -0.05) is 13.8 Å². The van der Waals surface area contributed by atoms with Crippen LogP contribution in [0.15, 0.2) is 22.8 Å². The van der Waals surface area contributed by atoms with Gasteiger partial charge >= 0.3 is 6.03 Å². The lowest BCUT2D eigenvalue weighted by Gasteiger charge is -2.09. The molecule has 0 spiro atoms. The molecule has 0 aliphatic heterocycles. The van der Waals surface area contributed by atoms with Crippen molar-refractivity contribution >= 4 is 6.03 Å². The summed E-state index contributed by atoms with van der Waals surface area (Å²) in [5, 5.41) is 2.69. The van der Waals surface area contributed by atoms with E-state index >= 15 is 0 Å². The normalized spacial score (nSPS) is 10.5. The summed E-state index contributed by atoms with van der Waals surface area (Å²) in [5.41, 5.74) is 2.34. The van der Waals surface area contributed by atoms with E-state index in [1.165, 1.54) is 0 Å². The summed E-state index contributed by atoms with van der Waals surface area (Å²) < 4.78 is 5.17. The molecule has 0 saturated carbocycles. The van der Waals surface area contributed by atoms with Gasteiger partial charge in [-0.05, 0) is 24.5 Å². The summed E-state index contributed by atoms with van der Waals surface area (Å²) in [4.78, 5) is 16.2. The van der Waals surface area contributed by atoms with Crippen LogP contribution < -0.4 is 10.8 Å². The highest BCUT2D eigenvalue weighted by Crippen LogP contribution is 2.02. The van der Waals surface area contributed by atoms with Crippen molar-refractivity contribution in [1.29, 1.82) is 0 Å². The first-order chi connectivity index (χ1) is 8.18. The molecular formula is C12H20N2O3. The van der Waals surface area contributed by atoms with E-state index in [9.17, 15) is 4.79 Å². The van der Waals surface area contributed by atoms with Crippen molar-refractivity contribution in [1.82, 2.24) is 10.8 Å². The smallest absolute Gasteiger partial charge is 0.338 e. The Morgan fingerprint density at radius 2 is 2.35 bits per heavy atom. The van der Waals surface area contributed by atoms with Gasteiger partial charge in [0.25, 0.3) is 0 Å².